The van der Waals surface area contributed by atoms with Gasteiger partial charge in [-0.05, 0) is 34.1 Å². The summed E-state index contributed by atoms with van der Waals surface area (Å²) in [5, 5.41) is 20.5. The molecular weight excluding hydrogens is 376 g/mol. The average Bonchev–Trinajstić information content (AvgIpc) is 2.59. The summed E-state index contributed by atoms with van der Waals surface area (Å²) in [6.07, 6.45) is 0. The predicted molar refractivity (Wildman–Crippen MR) is 111 cm³/mol. The third-order valence-corrected chi connectivity index (χ3v) is 6.05. The Balaban J connectivity index is 2.83. The number of benzene rings is 2. The Morgan fingerprint density at radius 1 is 0.714 bits per heavy atom. The van der Waals surface area contributed by atoms with Crippen molar-refractivity contribution < 1.29 is 23.9 Å². The van der Waals surface area contributed by atoms with E-state index in [0.29, 0.717) is 9.79 Å². The molecule has 2 N–H and O–H groups in total. The molecule has 0 aromatic heterocycles. The molecule has 0 aliphatic rings. The summed E-state index contributed by atoms with van der Waals surface area (Å²) in [6, 6.07) is 6.47. The molecule has 2 aromatic rings. The normalized spacial score (nSPS) is 12.3. The van der Waals surface area contributed by atoms with E-state index in [1.54, 1.807) is 24.3 Å². The van der Waals surface area contributed by atoms with Gasteiger partial charge in [0.2, 0.25) is 0 Å². The van der Waals surface area contributed by atoms with Crippen LogP contribution in [-0.4, -0.2) is 28.6 Å². The summed E-state index contributed by atoms with van der Waals surface area (Å²) in [5.41, 5.74) is 0.821. The van der Waals surface area contributed by atoms with Crippen LogP contribution in [-0.2, 0) is 21.6 Å². The fourth-order valence-electron chi connectivity index (χ4n) is 3.02. The van der Waals surface area contributed by atoms with Crippen molar-refractivity contribution in [1.82, 2.24) is 0 Å². The minimum Gasteiger partial charge on any atom is -0.504 e. The lowest BCUT2D eigenvalue weighted by Gasteiger charge is -2.27. The Morgan fingerprint density at radius 2 is 1.04 bits per heavy atom. The van der Waals surface area contributed by atoms with Gasteiger partial charge in [-0.25, -0.2) is 4.21 Å². The van der Waals surface area contributed by atoms with Crippen molar-refractivity contribution in [2.24, 2.45) is 0 Å². The van der Waals surface area contributed by atoms with Crippen molar-refractivity contribution in [3.05, 3.63) is 35.4 Å². The summed E-state index contributed by atoms with van der Waals surface area (Å²) in [5.74, 6) is 0.541. The number of methoxy groups -OCH3 is 2. The fraction of sp³-hybridized carbons (Fsp3) is 0.455. The Bertz CT molecular complexity index is 831. The standard InChI is InChI=1S/C22H30O5S/c1-21(2,3)13-9-15(23)17(26-7)11-19(13)28(25)20-12-18(27-8)16(24)10-14(20)22(4,5)6/h9-12,23-24H,1-8H3. The van der Waals surface area contributed by atoms with Crippen molar-refractivity contribution in [3.8, 4) is 23.0 Å². The van der Waals surface area contributed by atoms with Gasteiger partial charge in [0.25, 0.3) is 0 Å². The van der Waals surface area contributed by atoms with Crippen molar-refractivity contribution in [1.29, 1.82) is 0 Å². The first kappa shape index (κ1) is 22.1. The Morgan fingerprint density at radius 3 is 1.29 bits per heavy atom. The maximum atomic E-state index is 13.8. The number of hydrogen-bond acceptors (Lipinski definition) is 5. The molecule has 0 amide bonds. The molecule has 154 valence electrons. The van der Waals surface area contributed by atoms with Gasteiger partial charge in [-0.15, -0.1) is 0 Å². The number of aromatic hydroxyl groups is 2. The topological polar surface area (TPSA) is 76.0 Å². The van der Waals surface area contributed by atoms with Crippen LogP contribution in [0, 0.1) is 0 Å². The molecule has 2 rings (SSSR count). The first-order valence-corrected chi connectivity index (χ1v) is 10.2. The Labute approximate surface area is 169 Å². The smallest absolute Gasteiger partial charge is 0.161 e. The van der Waals surface area contributed by atoms with Crippen molar-refractivity contribution in [2.45, 2.75) is 62.2 Å². The summed E-state index contributed by atoms with van der Waals surface area (Å²) in [4.78, 5) is 1.11. The van der Waals surface area contributed by atoms with Crippen LogP contribution in [0.1, 0.15) is 52.7 Å². The van der Waals surface area contributed by atoms with Gasteiger partial charge >= 0.3 is 0 Å². The van der Waals surface area contributed by atoms with Gasteiger partial charge in [0.05, 0.1) is 34.8 Å². The van der Waals surface area contributed by atoms with E-state index in [2.05, 4.69) is 0 Å². The van der Waals surface area contributed by atoms with E-state index in [-0.39, 0.29) is 33.8 Å². The van der Waals surface area contributed by atoms with Crippen molar-refractivity contribution in [2.75, 3.05) is 14.2 Å². The van der Waals surface area contributed by atoms with Gasteiger partial charge in [0.15, 0.2) is 23.0 Å². The fourth-order valence-corrected chi connectivity index (χ4v) is 4.82. The van der Waals surface area contributed by atoms with E-state index in [0.717, 1.165) is 11.1 Å². The van der Waals surface area contributed by atoms with Crippen LogP contribution in [0.5, 0.6) is 23.0 Å². The maximum Gasteiger partial charge on any atom is 0.161 e. The molecule has 0 aliphatic carbocycles. The molecule has 0 saturated heterocycles. The lowest BCUT2D eigenvalue weighted by atomic mass is 9.86. The molecule has 28 heavy (non-hydrogen) atoms. The highest BCUT2D eigenvalue weighted by Crippen LogP contribution is 2.42. The molecule has 0 bridgehead atoms. The van der Waals surface area contributed by atoms with Crippen molar-refractivity contribution in [3.63, 3.8) is 0 Å². The molecule has 0 atom stereocenters. The highest BCUT2D eigenvalue weighted by molar-refractivity contribution is 7.85. The van der Waals surface area contributed by atoms with E-state index in [1.165, 1.54) is 14.2 Å². The molecule has 0 radical (unpaired) electrons. The monoisotopic (exact) mass is 406 g/mol. The molecule has 0 saturated carbocycles. The van der Waals surface area contributed by atoms with Gasteiger partial charge in [-0.1, -0.05) is 41.5 Å². The zero-order valence-electron chi connectivity index (χ0n) is 17.8. The van der Waals surface area contributed by atoms with Crippen LogP contribution in [0.15, 0.2) is 34.1 Å². The molecular formula is C22H30O5S. The lowest BCUT2D eigenvalue weighted by molar-refractivity contribution is 0.369. The zero-order chi connectivity index (χ0) is 21.4. The molecule has 2 aromatic carbocycles. The summed E-state index contributed by atoms with van der Waals surface area (Å²) in [6.45, 7) is 12.0. The Hall–Kier alpha value is -2.21. The largest absolute Gasteiger partial charge is 0.504 e. The number of ether oxygens (including phenoxy) is 2. The quantitative estimate of drug-likeness (QED) is 0.757. The van der Waals surface area contributed by atoms with Gasteiger partial charge in [0.1, 0.15) is 0 Å². The van der Waals surface area contributed by atoms with Crippen LogP contribution in [0.25, 0.3) is 0 Å². The summed E-state index contributed by atoms with van der Waals surface area (Å²) in [7, 11) is 1.34. The van der Waals surface area contributed by atoms with E-state index in [1.807, 2.05) is 41.5 Å². The van der Waals surface area contributed by atoms with Crippen LogP contribution in [0.3, 0.4) is 0 Å². The molecule has 5 nitrogen and oxygen atoms in total. The van der Waals surface area contributed by atoms with Crippen LogP contribution in [0.2, 0.25) is 0 Å². The van der Waals surface area contributed by atoms with E-state index in [4.69, 9.17) is 9.47 Å². The third kappa shape index (κ3) is 4.27. The second-order valence-electron chi connectivity index (χ2n) is 8.81. The van der Waals surface area contributed by atoms with Gasteiger partial charge in [-0.2, -0.15) is 0 Å². The van der Waals surface area contributed by atoms with E-state index in [9.17, 15) is 14.4 Å². The maximum absolute atomic E-state index is 13.8. The van der Waals surface area contributed by atoms with Gasteiger partial charge in [-0.3, -0.25) is 0 Å². The summed E-state index contributed by atoms with van der Waals surface area (Å²) >= 11 is 0. The van der Waals surface area contributed by atoms with Crippen LogP contribution in [0.4, 0.5) is 0 Å². The minimum absolute atomic E-state index is 0.00695. The van der Waals surface area contributed by atoms with Gasteiger partial charge in [0, 0.05) is 12.1 Å². The van der Waals surface area contributed by atoms with E-state index >= 15 is 0 Å². The predicted octanol–water partition coefficient (Wildman–Crippen LogP) is 4.88. The molecule has 0 fully saturated rings. The molecule has 6 heteroatoms. The first-order valence-electron chi connectivity index (χ1n) is 9.06. The first-order chi connectivity index (χ1) is 12.8. The number of phenolic OH excluding ortho intramolecular Hbond substituents is 2. The molecule has 0 spiro atoms. The zero-order valence-corrected chi connectivity index (χ0v) is 18.7. The van der Waals surface area contributed by atoms with Crippen LogP contribution < -0.4 is 9.47 Å². The highest BCUT2D eigenvalue weighted by atomic mass is 32.2. The molecule has 0 unspecified atom stereocenters. The lowest BCUT2D eigenvalue weighted by Crippen LogP contribution is -2.18. The van der Waals surface area contributed by atoms with Crippen molar-refractivity contribution >= 4 is 10.8 Å². The number of phenols is 2. The number of rotatable bonds is 4. The SMILES string of the molecule is COc1cc(S(=O)c2cc(OC)c(O)cc2C(C)(C)C)c(C(C)(C)C)cc1O. The third-order valence-electron chi connectivity index (χ3n) is 4.58. The summed E-state index contributed by atoms with van der Waals surface area (Å²) < 4.78 is 24.3. The average molecular weight is 407 g/mol. The molecule has 0 aliphatic heterocycles. The second-order valence-corrected chi connectivity index (χ2v) is 10.2. The highest BCUT2D eigenvalue weighted by Gasteiger charge is 2.29. The second kappa shape index (κ2) is 7.66. The van der Waals surface area contributed by atoms with Gasteiger partial charge < -0.3 is 19.7 Å². The minimum atomic E-state index is -1.59. The molecule has 0 heterocycles. The van der Waals surface area contributed by atoms with E-state index < -0.39 is 10.8 Å². The Kier molecular flexibility index (Phi) is 6.04. The van der Waals surface area contributed by atoms with Crippen LogP contribution >= 0.6 is 0 Å². The number of hydrogen-bond donors (Lipinski definition) is 2.